The number of aryl methyl sites for hydroxylation is 1. The second kappa shape index (κ2) is 8.68. The van der Waals surface area contributed by atoms with Crippen molar-refractivity contribution in [3.05, 3.63) is 52.9 Å². The van der Waals surface area contributed by atoms with Gasteiger partial charge in [0.1, 0.15) is 5.76 Å². The lowest BCUT2D eigenvalue weighted by molar-refractivity contribution is -0.117. The minimum absolute atomic E-state index is 0.174. The first-order valence-corrected chi connectivity index (χ1v) is 9.83. The standard InChI is InChI=1S/C20H20ClN5O4/c1-13-10-18(24-29-13)22-19(27)12-25-6-8-26(9-7-25)20(28)16-11-17(30-23-16)14-2-4-15(21)5-3-14/h2-5,10-11H,6-9,12H2,1H3,(H,22,24,27). The molecule has 156 valence electrons. The van der Waals surface area contributed by atoms with Crippen LogP contribution in [0.25, 0.3) is 11.3 Å². The molecule has 1 N–H and O–H groups in total. The minimum atomic E-state index is -0.193. The molecule has 0 aliphatic carbocycles. The van der Waals surface area contributed by atoms with Crippen molar-refractivity contribution in [2.45, 2.75) is 6.92 Å². The molecule has 2 aromatic heterocycles. The average molecular weight is 430 g/mol. The number of piperazine rings is 1. The number of aromatic nitrogens is 2. The summed E-state index contributed by atoms with van der Waals surface area (Å²) in [5.41, 5.74) is 1.05. The first-order chi connectivity index (χ1) is 14.5. The molecule has 30 heavy (non-hydrogen) atoms. The molecular weight excluding hydrogens is 410 g/mol. The fraction of sp³-hybridized carbons (Fsp3) is 0.300. The van der Waals surface area contributed by atoms with E-state index in [1.807, 2.05) is 4.90 Å². The van der Waals surface area contributed by atoms with E-state index in [4.69, 9.17) is 20.6 Å². The van der Waals surface area contributed by atoms with Crippen molar-refractivity contribution in [2.24, 2.45) is 0 Å². The van der Waals surface area contributed by atoms with Crippen LogP contribution < -0.4 is 5.32 Å². The summed E-state index contributed by atoms with van der Waals surface area (Å²) in [4.78, 5) is 28.6. The van der Waals surface area contributed by atoms with Crippen molar-refractivity contribution in [1.82, 2.24) is 20.1 Å². The minimum Gasteiger partial charge on any atom is -0.360 e. The number of nitrogens with zero attached hydrogens (tertiary/aromatic N) is 4. The van der Waals surface area contributed by atoms with Gasteiger partial charge in [0.05, 0.1) is 6.54 Å². The number of hydrogen-bond acceptors (Lipinski definition) is 7. The third-order valence-corrected chi connectivity index (χ3v) is 5.03. The quantitative estimate of drug-likeness (QED) is 0.664. The molecule has 0 unspecified atom stereocenters. The second-order valence-corrected chi connectivity index (χ2v) is 7.46. The van der Waals surface area contributed by atoms with E-state index < -0.39 is 0 Å². The van der Waals surface area contributed by atoms with Crippen LogP contribution in [-0.4, -0.2) is 64.7 Å². The number of rotatable bonds is 5. The molecule has 0 bridgehead atoms. The van der Waals surface area contributed by atoms with Crippen LogP contribution in [0.5, 0.6) is 0 Å². The molecule has 3 heterocycles. The van der Waals surface area contributed by atoms with Gasteiger partial charge in [0.15, 0.2) is 17.3 Å². The Hall–Kier alpha value is -3.17. The summed E-state index contributed by atoms with van der Waals surface area (Å²) in [6.45, 7) is 4.14. The van der Waals surface area contributed by atoms with E-state index in [2.05, 4.69) is 15.6 Å². The highest BCUT2D eigenvalue weighted by molar-refractivity contribution is 6.30. The molecule has 9 nitrogen and oxygen atoms in total. The number of carbonyl (C=O) groups excluding carboxylic acids is 2. The number of benzene rings is 1. The molecule has 0 radical (unpaired) electrons. The van der Waals surface area contributed by atoms with E-state index in [1.165, 1.54) is 0 Å². The largest absolute Gasteiger partial charge is 0.360 e. The van der Waals surface area contributed by atoms with Crippen LogP contribution >= 0.6 is 11.6 Å². The van der Waals surface area contributed by atoms with Gasteiger partial charge in [-0.1, -0.05) is 21.9 Å². The van der Waals surface area contributed by atoms with Gasteiger partial charge in [0.2, 0.25) is 5.91 Å². The molecule has 1 aromatic carbocycles. The third kappa shape index (κ3) is 4.69. The van der Waals surface area contributed by atoms with Crippen molar-refractivity contribution in [2.75, 3.05) is 38.0 Å². The summed E-state index contributed by atoms with van der Waals surface area (Å²) in [6, 6.07) is 10.4. The van der Waals surface area contributed by atoms with Gasteiger partial charge in [-0.3, -0.25) is 14.5 Å². The molecule has 0 atom stereocenters. The van der Waals surface area contributed by atoms with Crippen LogP contribution in [0.1, 0.15) is 16.2 Å². The first kappa shape index (κ1) is 20.1. The third-order valence-electron chi connectivity index (χ3n) is 4.78. The average Bonchev–Trinajstić information content (AvgIpc) is 3.38. The summed E-state index contributed by atoms with van der Waals surface area (Å²) in [5.74, 6) is 1.17. The van der Waals surface area contributed by atoms with Crippen molar-refractivity contribution < 1.29 is 18.6 Å². The van der Waals surface area contributed by atoms with Crippen LogP contribution in [-0.2, 0) is 4.79 Å². The number of carbonyl (C=O) groups is 2. The highest BCUT2D eigenvalue weighted by atomic mass is 35.5. The SMILES string of the molecule is Cc1cc(NC(=O)CN2CCN(C(=O)c3cc(-c4ccc(Cl)cc4)on3)CC2)no1. The maximum Gasteiger partial charge on any atom is 0.276 e. The van der Waals surface area contributed by atoms with Gasteiger partial charge in [-0.05, 0) is 31.2 Å². The number of hydrogen-bond donors (Lipinski definition) is 1. The van der Waals surface area contributed by atoms with Gasteiger partial charge in [0.25, 0.3) is 5.91 Å². The lowest BCUT2D eigenvalue weighted by Crippen LogP contribution is -2.50. The maximum atomic E-state index is 12.7. The Kier molecular flexibility index (Phi) is 5.82. The Bertz CT molecular complexity index is 1040. The fourth-order valence-electron chi connectivity index (χ4n) is 3.21. The Morgan fingerprint density at radius 1 is 1.07 bits per heavy atom. The van der Waals surface area contributed by atoms with Gasteiger partial charge in [-0.2, -0.15) is 0 Å². The highest BCUT2D eigenvalue weighted by Crippen LogP contribution is 2.23. The summed E-state index contributed by atoms with van der Waals surface area (Å²) >= 11 is 5.90. The van der Waals surface area contributed by atoms with Crippen molar-refractivity contribution in [1.29, 1.82) is 0 Å². The number of nitrogens with one attached hydrogen (secondary N) is 1. The second-order valence-electron chi connectivity index (χ2n) is 7.02. The smallest absolute Gasteiger partial charge is 0.276 e. The Labute approximate surface area is 177 Å². The molecule has 10 heteroatoms. The normalized spacial score (nSPS) is 14.7. The molecule has 1 aliphatic heterocycles. The zero-order chi connectivity index (χ0) is 21.1. The summed E-state index contributed by atoms with van der Waals surface area (Å²) < 4.78 is 10.2. The van der Waals surface area contributed by atoms with E-state index in [0.29, 0.717) is 48.5 Å². The number of amides is 2. The van der Waals surface area contributed by atoms with Crippen LogP contribution in [0, 0.1) is 6.92 Å². The first-order valence-electron chi connectivity index (χ1n) is 9.45. The van der Waals surface area contributed by atoms with Gasteiger partial charge in [-0.25, -0.2) is 0 Å². The lowest BCUT2D eigenvalue weighted by atomic mass is 10.1. The molecule has 1 aliphatic rings. The lowest BCUT2D eigenvalue weighted by Gasteiger charge is -2.33. The van der Waals surface area contributed by atoms with Gasteiger partial charge >= 0.3 is 0 Å². The Balaban J connectivity index is 1.29. The zero-order valence-electron chi connectivity index (χ0n) is 16.3. The zero-order valence-corrected chi connectivity index (χ0v) is 17.1. The summed E-state index contributed by atoms with van der Waals surface area (Å²) in [6.07, 6.45) is 0. The molecule has 1 fully saturated rings. The number of anilines is 1. The molecule has 3 aromatic rings. The molecular formula is C20H20ClN5O4. The Morgan fingerprint density at radius 3 is 2.47 bits per heavy atom. The predicted octanol–water partition coefficient (Wildman–Crippen LogP) is 2.69. The van der Waals surface area contributed by atoms with Crippen LogP contribution in [0.4, 0.5) is 5.82 Å². The molecule has 0 spiro atoms. The van der Waals surface area contributed by atoms with Gasteiger partial charge < -0.3 is 19.3 Å². The van der Waals surface area contributed by atoms with E-state index >= 15 is 0 Å². The van der Waals surface area contributed by atoms with Crippen molar-refractivity contribution in [3.8, 4) is 11.3 Å². The van der Waals surface area contributed by atoms with E-state index in [1.54, 1.807) is 48.2 Å². The van der Waals surface area contributed by atoms with E-state index in [-0.39, 0.29) is 24.1 Å². The Morgan fingerprint density at radius 2 is 1.80 bits per heavy atom. The number of halogens is 1. The van der Waals surface area contributed by atoms with Gasteiger partial charge in [0, 0.05) is 48.9 Å². The van der Waals surface area contributed by atoms with Crippen LogP contribution in [0.3, 0.4) is 0 Å². The molecule has 2 amide bonds. The van der Waals surface area contributed by atoms with Gasteiger partial charge in [-0.15, -0.1) is 0 Å². The van der Waals surface area contributed by atoms with Crippen LogP contribution in [0.15, 0.2) is 45.4 Å². The van der Waals surface area contributed by atoms with Crippen molar-refractivity contribution >= 4 is 29.2 Å². The van der Waals surface area contributed by atoms with E-state index in [0.717, 1.165) is 5.56 Å². The van der Waals surface area contributed by atoms with E-state index in [9.17, 15) is 9.59 Å². The molecule has 0 saturated carbocycles. The summed E-state index contributed by atoms with van der Waals surface area (Å²) in [7, 11) is 0. The maximum absolute atomic E-state index is 12.7. The monoisotopic (exact) mass is 429 g/mol. The molecule has 4 rings (SSSR count). The van der Waals surface area contributed by atoms with Crippen LogP contribution in [0.2, 0.25) is 5.02 Å². The summed E-state index contributed by atoms with van der Waals surface area (Å²) in [5, 5.41) is 11.0. The van der Waals surface area contributed by atoms with Crippen molar-refractivity contribution in [3.63, 3.8) is 0 Å². The highest BCUT2D eigenvalue weighted by Gasteiger charge is 2.25. The topological polar surface area (TPSA) is 105 Å². The fourth-order valence-corrected chi connectivity index (χ4v) is 3.33. The predicted molar refractivity (Wildman–Crippen MR) is 109 cm³/mol. The molecule has 1 saturated heterocycles.